The largest absolute Gasteiger partial charge is 0.508 e. The van der Waals surface area contributed by atoms with E-state index < -0.39 is 5.97 Å². The molecule has 1 heterocycles. The minimum absolute atomic E-state index is 0.00568. The van der Waals surface area contributed by atoms with Crippen LogP contribution in [0, 0.1) is 0 Å². The van der Waals surface area contributed by atoms with Gasteiger partial charge in [0.05, 0.1) is 12.7 Å². The summed E-state index contributed by atoms with van der Waals surface area (Å²) in [6.45, 7) is 0.955. The summed E-state index contributed by atoms with van der Waals surface area (Å²) in [6, 6.07) is 14.6. The number of hydrogen-bond donors (Lipinski definition) is 1. The van der Waals surface area contributed by atoms with E-state index in [0.29, 0.717) is 25.1 Å². The van der Waals surface area contributed by atoms with Crippen LogP contribution in [0.1, 0.15) is 33.8 Å². The number of carbonyl (C=O) groups excluding carboxylic acids is 2. The molecule has 24 heavy (non-hydrogen) atoms. The highest BCUT2D eigenvalue weighted by Gasteiger charge is 2.30. The van der Waals surface area contributed by atoms with Gasteiger partial charge in [0.25, 0.3) is 0 Å². The maximum Gasteiger partial charge on any atom is 0.337 e. The summed E-state index contributed by atoms with van der Waals surface area (Å²) in [7, 11) is 1.29. The van der Waals surface area contributed by atoms with Crippen molar-refractivity contribution in [1.29, 1.82) is 0 Å². The molecule has 0 radical (unpaired) electrons. The lowest BCUT2D eigenvalue weighted by atomic mass is 9.98. The highest BCUT2D eigenvalue weighted by molar-refractivity contribution is 5.90. The lowest BCUT2D eigenvalue weighted by Gasteiger charge is -2.18. The number of phenols is 1. The SMILES string of the molecule is COC(=O)c1ccc(CN2C[C@H](c3ccccc3)CC2=O)c(O)c1. The van der Waals surface area contributed by atoms with Crippen molar-refractivity contribution >= 4 is 11.9 Å². The maximum atomic E-state index is 12.3. The maximum absolute atomic E-state index is 12.3. The van der Waals surface area contributed by atoms with E-state index in [1.165, 1.54) is 13.2 Å². The second-order valence-corrected chi connectivity index (χ2v) is 5.92. The van der Waals surface area contributed by atoms with Crippen molar-refractivity contribution in [1.82, 2.24) is 4.90 Å². The highest BCUT2D eigenvalue weighted by Crippen LogP contribution is 2.30. The Hall–Kier alpha value is -2.82. The van der Waals surface area contributed by atoms with Crippen molar-refractivity contribution in [3.8, 4) is 5.75 Å². The van der Waals surface area contributed by atoms with Crippen molar-refractivity contribution < 1.29 is 19.4 Å². The first-order chi connectivity index (χ1) is 11.6. The predicted molar refractivity (Wildman–Crippen MR) is 88.7 cm³/mol. The number of phenolic OH excluding ortho intramolecular Hbond substituents is 1. The molecule has 0 spiro atoms. The minimum atomic E-state index is -0.502. The number of methoxy groups -OCH3 is 1. The van der Waals surface area contributed by atoms with E-state index in [2.05, 4.69) is 4.74 Å². The van der Waals surface area contributed by atoms with Gasteiger partial charge >= 0.3 is 5.97 Å². The number of ether oxygens (including phenoxy) is 1. The molecular formula is C19H19NO4. The number of hydrogen-bond acceptors (Lipinski definition) is 4. The summed E-state index contributed by atoms with van der Waals surface area (Å²) in [6.07, 6.45) is 0.477. The van der Waals surface area contributed by atoms with Crippen LogP contribution in [0.2, 0.25) is 0 Å². The first-order valence-electron chi connectivity index (χ1n) is 7.81. The summed E-state index contributed by atoms with van der Waals surface area (Å²) in [5, 5.41) is 10.1. The smallest absolute Gasteiger partial charge is 0.337 e. The van der Waals surface area contributed by atoms with Gasteiger partial charge in [-0.2, -0.15) is 0 Å². The molecule has 5 nitrogen and oxygen atoms in total. The van der Waals surface area contributed by atoms with Gasteiger partial charge in [0.1, 0.15) is 5.75 Å². The number of carbonyl (C=O) groups is 2. The molecule has 1 N–H and O–H groups in total. The average Bonchev–Trinajstić information content (AvgIpc) is 2.97. The molecule has 1 atom stereocenters. The molecule has 3 rings (SSSR count). The van der Waals surface area contributed by atoms with Crippen LogP contribution < -0.4 is 0 Å². The van der Waals surface area contributed by atoms with Crippen LogP contribution in [0.15, 0.2) is 48.5 Å². The van der Waals surface area contributed by atoms with Gasteiger partial charge in [-0.05, 0) is 17.7 Å². The first kappa shape index (κ1) is 16.1. The molecule has 0 bridgehead atoms. The predicted octanol–water partition coefficient (Wildman–Crippen LogP) is 2.69. The van der Waals surface area contributed by atoms with E-state index in [9.17, 15) is 14.7 Å². The third-order valence-corrected chi connectivity index (χ3v) is 4.35. The van der Waals surface area contributed by atoms with Crippen molar-refractivity contribution in [2.45, 2.75) is 18.9 Å². The Morgan fingerprint density at radius 3 is 2.67 bits per heavy atom. The zero-order chi connectivity index (χ0) is 17.1. The normalized spacial score (nSPS) is 17.1. The second-order valence-electron chi connectivity index (χ2n) is 5.92. The fraction of sp³-hybridized carbons (Fsp3) is 0.263. The molecule has 1 amide bonds. The number of likely N-dealkylation sites (tertiary alicyclic amines) is 1. The molecule has 0 aliphatic carbocycles. The molecule has 1 aliphatic rings. The summed E-state index contributed by atoms with van der Waals surface area (Å²) >= 11 is 0. The Kier molecular flexibility index (Phi) is 4.51. The van der Waals surface area contributed by atoms with Crippen molar-refractivity contribution in [3.05, 3.63) is 65.2 Å². The van der Waals surface area contributed by atoms with Gasteiger partial charge in [-0.1, -0.05) is 36.4 Å². The number of amides is 1. The minimum Gasteiger partial charge on any atom is -0.508 e. The lowest BCUT2D eigenvalue weighted by molar-refractivity contribution is -0.128. The lowest BCUT2D eigenvalue weighted by Crippen LogP contribution is -2.24. The van der Waals surface area contributed by atoms with E-state index in [1.807, 2.05) is 30.3 Å². The first-order valence-corrected chi connectivity index (χ1v) is 7.81. The van der Waals surface area contributed by atoms with Gasteiger partial charge in [-0.15, -0.1) is 0 Å². The summed E-state index contributed by atoms with van der Waals surface area (Å²) in [4.78, 5) is 25.5. The molecular weight excluding hydrogens is 306 g/mol. The van der Waals surface area contributed by atoms with Gasteiger partial charge in [0, 0.05) is 31.0 Å². The third kappa shape index (κ3) is 3.25. The van der Waals surface area contributed by atoms with Gasteiger partial charge in [0.2, 0.25) is 5.91 Å². The topological polar surface area (TPSA) is 66.8 Å². The summed E-state index contributed by atoms with van der Waals surface area (Å²) < 4.78 is 4.63. The van der Waals surface area contributed by atoms with E-state index >= 15 is 0 Å². The van der Waals surface area contributed by atoms with E-state index in [1.54, 1.807) is 17.0 Å². The van der Waals surface area contributed by atoms with Gasteiger partial charge in [-0.3, -0.25) is 4.79 Å². The monoisotopic (exact) mass is 325 g/mol. The van der Waals surface area contributed by atoms with Crippen molar-refractivity contribution in [2.24, 2.45) is 0 Å². The zero-order valence-corrected chi connectivity index (χ0v) is 13.4. The number of nitrogens with zero attached hydrogens (tertiary/aromatic N) is 1. The fourth-order valence-electron chi connectivity index (χ4n) is 3.02. The Bertz CT molecular complexity index is 757. The number of benzene rings is 2. The molecule has 2 aromatic carbocycles. The molecule has 1 saturated heterocycles. The Morgan fingerprint density at radius 2 is 2.00 bits per heavy atom. The molecule has 2 aromatic rings. The molecule has 0 aromatic heterocycles. The zero-order valence-electron chi connectivity index (χ0n) is 13.4. The molecule has 5 heteroatoms. The van der Waals surface area contributed by atoms with Gasteiger partial charge in [0.15, 0.2) is 0 Å². The van der Waals surface area contributed by atoms with Crippen LogP contribution >= 0.6 is 0 Å². The molecule has 1 aliphatic heterocycles. The van der Waals surface area contributed by atoms with Gasteiger partial charge < -0.3 is 14.7 Å². The quantitative estimate of drug-likeness (QED) is 0.878. The van der Waals surface area contributed by atoms with Crippen LogP contribution in [-0.4, -0.2) is 35.5 Å². The Morgan fingerprint density at radius 1 is 1.25 bits per heavy atom. The van der Waals surface area contributed by atoms with Crippen LogP contribution in [0.3, 0.4) is 0 Å². The van der Waals surface area contributed by atoms with Crippen LogP contribution in [0.25, 0.3) is 0 Å². The standard InChI is InChI=1S/C19H19NO4/c1-24-19(23)14-7-8-15(17(21)9-14)11-20-12-16(10-18(20)22)13-5-3-2-4-6-13/h2-9,16,21H,10-12H2,1H3/t16-/m1/s1. The van der Waals surface area contributed by atoms with Crippen molar-refractivity contribution in [2.75, 3.05) is 13.7 Å². The van der Waals surface area contributed by atoms with Crippen LogP contribution in [0.4, 0.5) is 0 Å². The van der Waals surface area contributed by atoms with Gasteiger partial charge in [-0.25, -0.2) is 4.79 Å². The molecule has 1 fully saturated rings. The average molecular weight is 325 g/mol. The van der Waals surface area contributed by atoms with Crippen LogP contribution in [0.5, 0.6) is 5.75 Å². The van der Waals surface area contributed by atoms with E-state index in [-0.39, 0.29) is 23.1 Å². The Balaban J connectivity index is 1.72. The van der Waals surface area contributed by atoms with E-state index in [0.717, 1.165) is 5.56 Å². The summed E-state index contributed by atoms with van der Waals surface area (Å²) in [5.41, 5.74) is 2.05. The van der Waals surface area contributed by atoms with Crippen molar-refractivity contribution in [3.63, 3.8) is 0 Å². The number of aromatic hydroxyl groups is 1. The second kappa shape index (κ2) is 6.74. The van der Waals surface area contributed by atoms with Crippen LogP contribution in [-0.2, 0) is 16.1 Å². The third-order valence-electron chi connectivity index (χ3n) is 4.35. The number of esters is 1. The Labute approximate surface area is 140 Å². The number of rotatable bonds is 4. The fourth-order valence-corrected chi connectivity index (χ4v) is 3.02. The van der Waals surface area contributed by atoms with E-state index in [4.69, 9.17) is 0 Å². The molecule has 0 unspecified atom stereocenters. The summed E-state index contributed by atoms with van der Waals surface area (Å²) in [5.74, 6) is -0.261. The highest BCUT2D eigenvalue weighted by atomic mass is 16.5. The molecule has 0 saturated carbocycles. The molecule has 124 valence electrons.